The molecule has 0 aromatic rings. The van der Waals surface area contributed by atoms with Gasteiger partial charge in [0.25, 0.3) is 0 Å². The van der Waals surface area contributed by atoms with E-state index in [2.05, 4.69) is 5.73 Å². The molecular formula is C11H31N. The Morgan fingerprint density at radius 2 is 0.667 bits per heavy atom. The van der Waals surface area contributed by atoms with Gasteiger partial charge in [0.1, 0.15) is 0 Å². The van der Waals surface area contributed by atoms with E-state index < -0.39 is 0 Å². The molecule has 0 fully saturated rings. The number of hydrogen-bond acceptors (Lipinski definition) is 1. The molecule has 12 heavy (non-hydrogen) atoms. The SMILES string of the molecule is C/C=C\C.CC.CC.CC.CN. The summed E-state index contributed by atoms with van der Waals surface area (Å²) in [7, 11) is 1.50. The molecule has 0 heterocycles. The maximum Gasteiger partial charge on any atom is -0.0195 e. The lowest BCUT2D eigenvalue weighted by Crippen LogP contribution is -1.69. The predicted octanol–water partition coefficient (Wildman–Crippen LogP) is 4.24. The summed E-state index contributed by atoms with van der Waals surface area (Å²) in [5.41, 5.74) is 4.50. The van der Waals surface area contributed by atoms with E-state index in [1.807, 2.05) is 67.5 Å². The average molecular weight is 177 g/mol. The molecule has 0 radical (unpaired) electrons. The third-order valence-electron chi connectivity index (χ3n) is 0.333. The van der Waals surface area contributed by atoms with Crippen molar-refractivity contribution in [3.8, 4) is 0 Å². The van der Waals surface area contributed by atoms with Gasteiger partial charge in [0.15, 0.2) is 0 Å². The van der Waals surface area contributed by atoms with E-state index in [-0.39, 0.29) is 0 Å². The quantitative estimate of drug-likeness (QED) is 0.550. The van der Waals surface area contributed by atoms with Crippen molar-refractivity contribution in [2.45, 2.75) is 55.4 Å². The minimum absolute atomic E-state index is 1.50. The normalized spacial score (nSPS) is 5.17. The lowest BCUT2D eigenvalue weighted by atomic mass is 10.6. The Morgan fingerprint density at radius 3 is 0.667 bits per heavy atom. The molecule has 0 aliphatic carbocycles. The molecule has 0 amide bonds. The van der Waals surface area contributed by atoms with Crippen molar-refractivity contribution < 1.29 is 0 Å². The van der Waals surface area contributed by atoms with E-state index >= 15 is 0 Å². The molecule has 0 aromatic carbocycles. The van der Waals surface area contributed by atoms with Gasteiger partial charge in [-0.15, -0.1) is 0 Å². The van der Waals surface area contributed by atoms with Gasteiger partial charge in [-0.2, -0.15) is 0 Å². The molecule has 0 aromatic heterocycles. The van der Waals surface area contributed by atoms with Crippen molar-refractivity contribution in [1.29, 1.82) is 0 Å². The van der Waals surface area contributed by atoms with Gasteiger partial charge >= 0.3 is 0 Å². The summed E-state index contributed by atoms with van der Waals surface area (Å²) in [5, 5.41) is 0. The van der Waals surface area contributed by atoms with Crippen LogP contribution in [0.25, 0.3) is 0 Å². The molecule has 0 atom stereocenters. The van der Waals surface area contributed by atoms with Crippen LogP contribution in [-0.2, 0) is 0 Å². The van der Waals surface area contributed by atoms with Crippen LogP contribution in [0.4, 0.5) is 0 Å². The maximum absolute atomic E-state index is 4.50. The highest BCUT2D eigenvalue weighted by atomic mass is 14.4. The standard InChI is InChI=1S/C4H8.3C2H6.CH5N/c1-3-4-2;4*1-2/h3-4H,1-2H3;3*1-2H3;2H2,1H3/b4-3-;;;;. The second-order valence-corrected chi connectivity index (χ2v) is 0.667. The predicted molar refractivity (Wildman–Crippen MR) is 64.6 cm³/mol. The Morgan fingerprint density at radius 1 is 0.583 bits per heavy atom. The van der Waals surface area contributed by atoms with Crippen LogP contribution in [0.1, 0.15) is 55.4 Å². The smallest absolute Gasteiger partial charge is 0.0195 e. The molecule has 0 unspecified atom stereocenters. The first-order chi connectivity index (χ1) is 5.91. The van der Waals surface area contributed by atoms with E-state index in [1.165, 1.54) is 7.05 Å². The minimum atomic E-state index is 1.50. The molecule has 80 valence electrons. The first kappa shape index (κ1) is 29.8. The van der Waals surface area contributed by atoms with E-state index in [0.717, 1.165) is 0 Å². The van der Waals surface area contributed by atoms with Crippen LogP contribution in [-0.4, -0.2) is 7.05 Å². The van der Waals surface area contributed by atoms with Crippen LogP contribution >= 0.6 is 0 Å². The zero-order valence-electron chi connectivity index (χ0n) is 10.7. The molecule has 0 saturated heterocycles. The Balaban J connectivity index is -0.0000000181. The molecule has 0 bridgehead atoms. The number of allylic oxidation sites excluding steroid dienone is 2. The second-order valence-electron chi connectivity index (χ2n) is 0.667. The van der Waals surface area contributed by atoms with Gasteiger partial charge in [0.05, 0.1) is 0 Å². The average Bonchev–Trinajstić information content (AvgIpc) is 2.29. The molecule has 0 rings (SSSR count). The van der Waals surface area contributed by atoms with Crippen molar-refractivity contribution in [1.82, 2.24) is 0 Å². The molecule has 0 spiro atoms. The first-order valence-corrected chi connectivity index (χ1v) is 5.07. The Bertz CT molecular complexity index is 20.2. The van der Waals surface area contributed by atoms with Crippen LogP contribution in [0, 0.1) is 0 Å². The van der Waals surface area contributed by atoms with Crippen LogP contribution in [0.2, 0.25) is 0 Å². The zero-order chi connectivity index (χ0) is 11.4. The summed E-state index contributed by atoms with van der Waals surface area (Å²) in [6, 6.07) is 0. The van der Waals surface area contributed by atoms with Gasteiger partial charge in [-0.3, -0.25) is 0 Å². The van der Waals surface area contributed by atoms with Gasteiger partial charge in [-0.25, -0.2) is 0 Å². The second kappa shape index (κ2) is 348. The summed E-state index contributed by atoms with van der Waals surface area (Å²) in [6.45, 7) is 16.0. The van der Waals surface area contributed by atoms with Crippen molar-refractivity contribution in [2.24, 2.45) is 5.73 Å². The monoisotopic (exact) mass is 177 g/mol. The van der Waals surface area contributed by atoms with Crippen molar-refractivity contribution in [3.05, 3.63) is 12.2 Å². The molecule has 1 heteroatoms. The lowest BCUT2D eigenvalue weighted by molar-refractivity contribution is 1.48. The van der Waals surface area contributed by atoms with Gasteiger partial charge in [-0.05, 0) is 20.9 Å². The van der Waals surface area contributed by atoms with Gasteiger partial charge in [0.2, 0.25) is 0 Å². The van der Waals surface area contributed by atoms with Crippen LogP contribution in [0.5, 0.6) is 0 Å². The van der Waals surface area contributed by atoms with Gasteiger partial charge < -0.3 is 5.73 Å². The third-order valence-corrected chi connectivity index (χ3v) is 0.333. The Labute approximate surface area is 81.1 Å². The Hall–Kier alpha value is -0.300. The van der Waals surface area contributed by atoms with Crippen LogP contribution in [0.3, 0.4) is 0 Å². The van der Waals surface area contributed by atoms with Gasteiger partial charge in [0, 0.05) is 0 Å². The summed E-state index contributed by atoms with van der Waals surface area (Å²) < 4.78 is 0. The summed E-state index contributed by atoms with van der Waals surface area (Å²) >= 11 is 0. The van der Waals surface area contributed by atoms with Gasteiger partial charge in [-0.1, -0.05) is 53.7 Å². The highest BCUT2D eigenvalue weighted by molar-refractivity contribution is 4.68. The molecule has 1 nitrogen and oxygen atoms in total. The minimum Gasteiger partial charge on any atom is -0.333 e. The summed E-state index contributed by atoms with van der Waals surface area (Å²) in [4.78, 5) is 0. The van der Waals surface area contributed by atoms with E-state index in [0.29, 0.717) is 0 Å². The van der Waals surface area contributed by atoms with Crippen molar-refractivity contribution in [3.63, 3.8) is 0 Å². The topological polar surface area (TPSA) is 26.0 Å². The van der Waals surface area contributed by atoms with E-state index in [9.17, 15) is 0 Å². The van der Waals surface area contributed by atoms with Crippen molar-refractivity contribution >= 4 is 0 Å². The zero-order valence-corrected chi connectivity index (χ0v) is 10.7. The highest BCUT2D eigenvalue weighted by Gasteiger charge is 1.34. The molecule has 2 N–H and O–H groups in total. The first-order valence-electron chi connectivity index (χ1n) is 5.07. The van der Waals surface area contributed by atoms with E-state index in [4.69, 9.17) is 0 Å². The number of hydrogen-bond donors (Lipinski definition) is 1. The molecule has 0 aliphatic heterocycles. The fourth-order valence-corrected chi connectivity index (χ4v) is 0. The largest absolute Gasteiger partial charge is 0.333 e. The summed E-state index contributed by atoms with van der Waals surface area (Å²) in [6.07, 6.45) is 4.00. The van der Waals surface area contributed by atoms with Crippen molar-refractivity contribution in [2.75, 3.05) is 7.05 Å². The maximum atomic E-state index is 4.50. The Kier molecular flexibility index (Phi) is 866. The lowest BCUT2D eigenvalue weighted by Gasteiger charge is -1.49. The molecule has 0 saturated carbocycles. The summed E-state index contributed by atoms with van der Waals surface area (Å²) in [5.74, 6) is 0. The highest BCUT2D eigenvalue weighted by Crippen LogP contribution is 1.57. The number of nitrogens with two attached hydrogens (primary N) is 1. The molecule has 0 aliphatic rings. The number of rotatable bonds is 0. The molecular weight excluding hydrogens is 146 g/mol. The fourth-order valence-electron chi connectivity index (χ4n) is 0. The van der Waals surface area contributed by atoms with Crippen LogP contribution < -0.4 is 5.73 Å². The third kappa shape index (κ3) is 1500. The fraction of sp³-hybridized carbons (Fsp3) is 0.818. The van der Waals surface area contributed by atoms with Crippen LogP contribution in [0.15, 0.2) is 12.2 Å². The van der Waals surface area contributed by atoms with E-state index in [1.54, 1.807) is 0 Å².